The van der Waals surface area contributed by atoms with Crippen LogP contribution in [0, 0.1) is 0 Å². The molecule has 0 spiro atoms. The van der Waals surface area contributed by atoms with Gasteiger partial charge in [0.25, 0.3) is 0 Å². The Bertz CT molecular complexity index is 762. The second kappa shape index (κ2) is 8.05. The SMILES string of the molecule is CCCC(=O)N1CCCC1C(=O)Nc1nnc(-c2ccc(Br)cc2)s1. The van der Waals surface area contributed by atoms with Crippen molar-refractivity contribution in [3.05, 3.63) is 28.7 Å². The predicted molar refractivity (Wildman–Crippen MR) is 101 cm³/mol. The van der Waals surface area contributed by atoms with Crippen LogP contribution in [0.15, 0.2) is 28.7 Å². The molecule has 0 aliphatic carbocycles. The zero-order valence-corrected chi connectivity index (χ0v) is 16.3. The van der Waals surface area contributed by atoms with E-state index in [1.165, 1.54) is 11.3 Å². The lowest BCUT2D eigenvalue weighted by molar-refractivity contribution is -0.136. The average molecular weight is 423 g/mol. The largest absolute Gasteiger partial charge is 0.331 e. The van der Waals surface area contributed by atoms with Gasteiger partial charge in [0.15, 0.2) is 0 Å². The fourth-order valence-electron chi connectivity index (χ4n) is 2.87. The Labute approximate surface area is 158 Å². The summed E-state index contributed by atoms with van der Waals surface area (Å²) < 4.78 is 0.993. The third-order valence-electron chi connectivity index (χ3n) is 4.09. The van der Waals surface area contributed by atoms with Crippen molar-refractivity contribution in [2.24, 2.45) is 0 Å². The predicted octanol–water partition coefficient (Wildman–Crippen LogP) is 3.70. The van der Waals surface area contributed by atoms with E-state index in [9.17, 15) is 9.59 Å². The number of hydrogen-bond acceptors (Lipinski definition) is 5. The molecule has 2 aromatic rings. The molecule has 1 aliphatic heterocycles. The van der Waals surface area contributed by atoms with Crippen LogP contribution in [0.2, 0.25) is 0 Å². The smallest absolute Gasteiger partial charge is 0.249 e. The van der Waals surface area contributed by atoms with E-state index in [4.69, 9.17) is 0 Å². The van der Waals surface area contributed by atoms with Gasteiger partial charge in [-0.2, -0.15) is 0 Å². The van der Waals surface area contributed by atoms with Crippen LogP contribution in [0.1, 0.15) is 32.6 Å². The van der Waals surface area contributed by atoms with Gasteiger partial charge in [-0.25, -0.2) is 0 Å². The quantitative estimate of drug-likeness (QED) is 0.796. The van der Waals surface area contributed by atoms with Crippen molar-refractivity contribution < 1.29 is 9.59 Å². The molecule has 1 atom stereocenters. The molecule has 0 radical (unpaired) electrons. The second-order valence-electron chi connectivity index (χ2n) is 5.90. The fourth-order valence-corrected chi connectivity index (χ4v) is 3.88. The van der Waals surface area contributed by atoms with E-state index in [1.54, 1.807) is 4.90 Å². The zero-order valence-electron chi connectivity index (χ0n) is 13.9. The molecule has 1 N–H and O–H groups in total. The normalized spacial score (nSPS) is 16.9. The minimum Gasteiger partial charge on any atom is -0.331 e. The third-order valence-corrected chi connectivity index (χ3v) is 5.50. The molecular formula is C17H19BrN4O2S. The summed E-state index contributed by atoms with van der Waals surface area (Å²) in [6.45, 7) is 2.62. The molecule has 1 saturated heterocycles. The van der Waals surface area contributed by atoms with Crippen LogP contribution in [-0.2, 0) is 9.59 Å². The number of anilines is 1. The second-order valence-corrected chi connectivity index (χ2v) is 7.80. The van der Waals surface area contributed by atoms with E-state index in [0.717, 1.165) is 27.9 Å². The van der Waals surface area contributed by atoms with E-state index in [-0.39, 0.29) is 11.8 Å². The molecule has 1 aromatic heterocycles. The van der Waals surface area contributed by atoms with Gasteiger partial charge < -0.3 is 4.90 Å². The molecule has 1 aromatic carbocycles. The Morgan fingerprint density at radius 1 is 1.32 bits per heavy atom. The Morgan fingerprint density at radius 3 is 2.80 bits per heavy atom. The lowest BCUT2D eigenvalue weighted by Crippen LogP contribution is -2.43. The first kappa shape index (κ1) is 18.0. The van der Waals surface area contributed by atoms with Crippen molar-refractivity contribution >= 4 is 44.2 Å². The van der Waals surface area contributed by atoms with Crippen molar-refractivity contribution in [2.45, 2.75) is 38.6 Å². The van der Waals surface area contributed by atoms with Gasteiger partial charge in [-0.1, -0.05) is 46.3 Å². The third kappa shape index (κ3) is 4.24. The number of benzene rings is 1. The molecule has 2 amide bonds. The van der Waals surface area contributed by atoms with Crippen molar-refractivity contribution in [1.29, 1.82) is 0 Å². The van der Waals surface area contributed by atoms with Gasteiger partial charge >= 0.3 is 0 Å². The molecule has 6 nitrogen and oxygen atoms in total. The zero-order chi connectivity index (χ0) is 17.8. The maximum atomic E-state index is 12.6. The minimum absolute atomic E-state index is 0.0490. The highest BCUT2D eigenvalue weighted by Crippen LogP contribution is 2.28. The number of nitrogens with zero attached hydrogens (tertiary/aromatic N) is 3. The van der Waals surface area contributed by atoms with Crippen LogP contribution in [0.3, 0.4) is 0 Å². The first-order chi connectivity index (χ1) is 12.1. The summed E-state index contributed by atoms with van der Waals surface area (Å²) in [5.74, 6) is -0.131. The van der Waals surface area contributed by atoms with Crippen LogP contribution in [0.5, 0.6) is 0 Å². The minimum atomic E-state index is -0.404. The summed E-state index contributed by atoms with van der Waals surface area (Å²) in [6, 6.07) is 7.35. The number of carbonyl (C=O) groups excluding carboxylic acids is 2. The molecular weight excluding hydrogens is 404 g/mol. The Kier molecular flexibility index (Phi) is 5.80. The number of likely N-dealkylation sites (tertiary alicyclic amines) is 1. The van der Waals surface area contributed by atoms with E-state index in [1.807, 2.05) is 31.2 Å². The first-order valence-corrected chi connectivity index (χ1v) is 9.89. The molecule has 132 valence electrons. The van der Waals surface area contributed by atoms with Crippen LogP contribution >= 0.6 is 27.3 Å². The number of halogens is 1. The van der Waals surface area contributed by atoms with Gasteiger partial charge in [0, 0.05) is 23.0 Å². The Hall–Kier alpha value is -1.80. The highest BCUT2D eigenvalue weighted by atomic mass is 79.9. The highest BCUT2D eigenvalue weighted by molar-refractivity contribution is 9.10. The van der Waals surface area contributed by atoms with Crippen LogP contribution in [0.25, 0.3) is 10.6 Å². The summed E-state index contributed by atoms with van der Waals surface area (Å²) in [6.07, 6.45) is 2.82. The van der Waals surface area contributed by atoms with Gasteiger partial charge in [-0.05, 0) is 31.4 Å². The monoisotopic (exact) mass is 422 g/mol. The fraction of sp³-hybridized carbons (Fsp3) is 0.412. The lowest BCUT2D eigenvalue weighted by atomic mass is 10.2. The molecule has 3 rings (SSSR count). The highest BCUT2D eigenvalue weighted by Gasteiger charge is 2.33. The molecule has 8 heteroatoms. The number of rotatable bonds is 5. The number of hydrogen-bond donors (Lipinski definition) is 1. The van der Waals surface area contributed by atoms with Crippen LogP contribution < -0.4 is 5.32 Å². The van der Waals surface area contributed by atoms with Gasteiger partial charge in [0.1, 0.15) is 11.0 Å². The first-order valence-electron chi connectivity index (χ1n) is 8.28. The number of nitrogens with one attached hydrogen (secondary N) is 1. The van der Waals surface area contributed by atoms with Gasteiger partial charge in [-0.3, -0.25) is 14.9 Å². The summed E-state index contributed by atoms with van der Waals surface area (Å²) in [4.78, 5) is 26.4. The summed E-state index contributed by atoms with van der Waals surface area (Å²) in [5, 5.41) is 12.2. The molecule has 1 fully saturated rings. The Morgan fingerprint density at radius 2 is 2.08 bits per heavy atom. The van der Waals surface area contributed by atoms with E-state index < -0.39 is 6.04 Å². The van der Waals surface area contributed by atoms with Crippen molar-refractivity contribution in [3.63, 3.8) is 0 Å². The Balaban J connectivity index is 1.67. The number of amides is 2. The van der Waals surface area contributed by atoms with Crippen LogP contribution in [0.4, 0.5) is 5.13 Å². The maximum absolute atomic E-state index is 12.6. The molecule has 1 aliphatic rings. The summed E-state index contributed by atoms with van der Waals surface area (Å²) in [7, 11) is 0. The summed E-state index contributed by atoms with van der Waals surface area (Å²) in [5.41, 5.74) is 0.946. The number of aromatic nitrogens is 2. The molecule has 25 heavy (non-hydrogen) atoms. The standard InChI is InChI=1S/C17H19BrN4O2S/c1-2-4-14(23)22-10-3-5-13(22)15(24)19-17-21-20-16(25-17)11-6-8-12(18)9-7-11/h6-9,13H,2-5,10H2,1H3,(H,19,21,24). The molecule has 1 unspecified atom stereocenters. The topological polar surface area (TPSA) is 75.2 Å². The van der Waals surface area contributed by atoms with Crippen molar-refractivity contribution in [1.82, 2.24) is 15.1 Å². The molecule has 0 saturated carbocycles. The van der Waals surface area contributed by atoms with Gasteiger partial charge in [0.05, 0.1) is 0 Å². The lowest BCUT2D eigenvalue weighted by Gasteiger charge is -2.23. The van der Waals surface area contributed by atoms with Crippen LogP contribution in [-0.4, -0.2) is 39.5 Å². The molecule has 0 bridgehead atoms. The average Bonchev–Trinajstić information content (AvgIpc) is 3.25. The van der Waals surface area contributed by atoms with Crippen molar-refractivity contribution in [3.8, 4) is 10.6 Å². The van der Waals surface area contributed by atoms with E-state index >= 15 is 0 Å². The van der Waals surface area contributed by atoms with Gasteiger partial charge in [0.2, 0.25) is 16.9 Å². The number of carbonyl (C=O) groups is 2. The van der Waals surface area contributed by atoms with Crippen molar-refractivity contribution in [2.75, 3.05) is 11.9 Å². The van der Waals surface area contributed by atoms with E-state index in [2.05, 4.69) is 31.4 Å². The maximum Gasteiger partial charge on any atom is 0.249 e. The molecule has 2 heterocycles. The summed E-state index contributed by atoms with van der Waals surface area (Å²) >= 11 is 4.73. The van der Waals surface area contributed by atoms with E-state index in [0.29, 0.717) is 24.5 Å². The van der Waals surface area contributed by atoms with Gasteiger partial charge in [-0.15, -0.1) is 10.2 Å².